The largest absolute Gasteiger partial charge is 0.354 e. The van der Waals surface area contributed by atoms with Crippen LogP contribution in [0.2, 0.25) is 0 Å². The minimum Gasteiger partial charge on any atom is -0.354 e. The molecule has 2 aromatic heterocycles. The molecule has 18 heavy (non-hydrogen) atoms. The lowest BCUT2D eigenvalue weighted by atomic mass is 10.4. The Kier molecular flexibility index (Phi) is 4.54. The predicted octanol–water partition coefficient (Wildman–Crippen LogP) is 3.52. The lowest BCUT2D eigenvalue weighted by molar-refractivity contribution is 0.925. The molecule has 0 saturated heterocycles. The molecular formula is C12H16N4S2. The number of hydrogen-bond donors (Lipinski definition) is 1. The van der Waals surface area contributed by atoms with Gasteiger partial charge < -0.3 is 5.32 Å². The van der Waals surface area contributed by atoms with E-state index < -0.39 is 0 Å². The summed E-state index contributed by atoms with van der Waals surface area (Å²) in [4.78, 5) is 13.2. The van der Waals surface area contributed by atoms with Gasteiger partial charge in [0.15, 0.2) is 4.34 Å². The Hall–Kier alpha value is -1.14. The molecule has 6 heteroatoms. The summed E-state index contributed by atoms with van der Waals surface area (Å²) in [6.07, 6.45) is 2.92. The molecule has 2 heterocycles. The molecule has 2 rings (SSSR count). The second-order valence-electron chi connectivity index (χ2n) is 3.97. The van der Waals surface area contributed by atoms with Crippen molar-refractivity contribution in [2.75, 3.05) is 11.9 Å². The normalized spacial score (nSPS) is 10.6. The third-order valence-corrected chi connectivity index (χ3v) is 4.40. The Morgan fingerprint density at radius 2 is 2.17 bits per heavy atom. The monoisotopic (exact) mass is 280 g/mol. The third-order valence-electron chi connectivity index (χ3n) is 2.24. The predicted molar refractivity (Wildman–Crippen MR) is 76.5 cm³/mol. The zero-order chi connectivity index (χ0) is 13.0. The van der Waals surface area contributed by atoms with E-state index in [1.807, 2.05) is 20.0 Å². The molecule has 0 unspecified atom stereocenters. The van der Waals surface area contributed by atoms with Crippen LogP contribution in [0, 0.1) is 13.8 Å². The maximum absolute atomic E-state index is 4.52. The smallest absolute Gasteiger partial charge is 0.223 e. The van der Waals surface area contributed by atoms with Gasteiger partial charge in [0.1, 0.15) is 5.03 Å². The molecule has 0 radical (unpaired) electrons. The number of aryl methyl sites for hydroxylation is 2. The lowest BCUT2D eigenvalue weighted by Crippen LogP contribution is -2.05. The van der Waals surface area contributed by atoms with E-state index in [2.05, 4.69) is 32.6 Å². The molecule has 0 aliphatic carbocycles. The second kappa shape index (κ2) is 6.15. The van der Waals surface area contributed by atoms with Crippen LogP contribution >= 0.6 is 23.1 Å². The average Bonchev–Trinajstić information content (AvgIpc) is 2.76. The van der Waals surface area contributed by atoms with Gasteiger partial charge in [-0.15, -0.1) is 11.3 Å². The molecule has 0 fully saturated rings. The van der Waals surface area contributed by atoms with Crippen molar-refractivity contribution in [1.29, 1.82) is 0 Å². The van der Waals surface area contributed by atoms with Crippen LogP contribution in [0.3, 0.4) is 0 Å². The fraction of sp³-hybridized carbons (Fsp3) is 0.417. The molecule has 0 saturated carbocycles. The second-order valence-corrected chi connectivity index (χ2v) is 6.06. The number of nitrogens with zero attached hydrogens (tertiary/aromatic N) is 3. The third kappa shape index (κ3) is 3.43. The minimum absolute atomic E-state index is 0.693. The van der Waals surface area contributed by atoms with E-state index in [0.29, 0.717) is 5.95 Å². The van der Waals surface area contributed by atoms with Gasteiger partial charge in [0, 0.05) is 29.4 Å². The number of rotatable bonds is 5. The van der Waals surface area contributed by atoms with Crippen molar-refractivity contribution < 1.29 is 0 Å². The van der Waals surface area contributed by atoms with E-state index in [-0.39, 0.29) is 0 Å². The highest BCUT2D eigenvalue weighted by molar-refractivity contribution is 8.01. The van der Waals surface area contributed by atoms with E-state index in [9.17, 15) is 0 Å². The maximum Gasteiger partial charge on any atom is 0.223 e. The maximum atomic E-state index is 4.52. The van der Waals surface area contributed by atoms with Crippen molar-refractivity contribution >= 4 is 29.0 Å². The molecule has 1 N–H and O–H groups in total. The van der Waals surface area contributed by atoms with Crippen molar-refractivity contribution in [3.05, 3.63) is 22.8 Å². The van der Waals surface area contributed by atoms with Crippen LogP contribution in [0.1, 0.15) is 24.6 Å². The van der Waals surface area contributed by atoms with Gasteiger partial charge in [-0.05, 0) is 32.0 Å². The van der Waals surface area contributed by atoms with Gasteiger partial charge in [0.25, 0.3) is 0 Å². The molecule has 4 nitrogen and oxygen atoms in total. The highest BCUT2D eigenvalue weighted by Crippen LogP contribution is 2.31. The van der Waals surface area contributed by atoms with E-state index in [1.54, 1.807) is 23.1 Å². The molecule has 0 spiro atoms. The van der Waals surface area contributed by atoms with Crippen LogP contribution in [0.5, 0.6) is 0 Å². The fourth-order valence-corrected chi connectivity index (χ4v) is 3.11. The van der Waals surface area contributed by atoms with Crippen molar-refractivity contribution in [3.63, 3.8) is 0 Å². The van der Waals surface area contributed by atoms with Crippen molar-refractivity contribution in [2.45, 2.75) is 36.6 Å². The number of aromatic nitrogens is 3. The van der Waals surface area contributed by atoms with E-state index in [1.165, 1.54) is 0 Å². The fourth-order valence-electron chi connectivity index (χ4n) is 1.31. The number of thiazole rings is 1. The van der Waals surface area contributed by atoms with Gasteiger partial charge in [0.2, 0.25) is 5.95 Å². The first-order valence-electron chi connectivity index (χ1n) is 5.86. The van der Waals surface area contributed by atoms with Crippen LogP contribution in [0.15, 0.2) is 20.9 Å². The van der Waals surface area contributed by atoms with Gasteiger partial charge in [-0.1, -0.05) is 6.92 Å². The van der Waals surface area contributed by atoms with Crippen LogP contribution < -0.4 is 5.32 Å². The standard InChI is InChI=1S/C12H16N4S2/c1-4-5-13-11-14-6-8(2)10(16-11)18-12-15-9(3)7-17-12/h6-7H,4-5H2,1-3H3,(H,13,14,16). The zero-order valence-corrected chi connectivity index (χ0v) is 12.4. The summed E-state index contributed by atoms with van der Waals surface area (Å²) >= 11 is 3.25. The summed E-state index contributed by atoms with van der Waals surface area (Å²) in [5.74, 6) is 0.693. The van der Waals surface area contributed by atoms with Crippen molar-refractivity contribution in [2.24, 2.45) is 0 Å². The molecule has 2 aromatic rings. The topological polar surface area (TPSA) is 50.7 Å². The Balaban J connectivity index is 2.15. The molecule has 0 aliphatic rings. The molecule has 0 aliphatic heterocycles. The Morgan fingerprint density at radius 1 is 1.33 bits per heavy atom. The van der Waals surface area contributed by atoms with Crippen LogP contribution in [-0.2, 0) is 0 Å². The first-order valence-corrected chi connectivity index (χ1v) is 7.56. The summed E-state index contributed by atoms with van der Waals surface area (Å²) < 4.78 is 1.02. The number of hydrogen-bond acceptors (Lipinski definition) is 6. The lowest BCUT2D eigenvalue weighted by Gasteiger charge is -2.06. The zero-order valence-electron chi connectivity index (χ0n) is 10.7. The van der Waals surface area contributed by atoms with Gasteiger partial charge in [0.05, 0.1) is 0 Å². The van der Waals surface area contributed by atoms with Crippen LogP contribution in [0.4, 0.5) is 5.95 Å². The quantitative estimate of drug-likeness (QED) is 0.849. The SMILES string of the molecule is CCCNc1ncc(C)c(Sc2nc(C)cs2)n1. The minimum atomic E-state index is 0.693. The highest BCUT2D eigenvalue weighted by Gasteiger charge is 2.08. The molecule has 0 bridgehead atoms. The Bertz CT molecular complexity index is 525. The van der Waals surface area contributed by atoms with Crippen molar-refractivity contribution in [3.8, 4) is 0 Å². The van der Waals surface area contributed by atoms with Gasteiger partial charge in [-0.3, -0.25) is 0 Å². The number of nitrogens with one attached hydrogen (secondary N) is 1. The van der Waals surface area contributed by atoms with E-state index in [0.717, 1.165) is 33.6 Å². The molecule has 0 aromatic carbocycles. The Morgan fingerprint density at radius 3 is 2.83 bits per heavy atom. The van der Waals surface area contributed by atoms with Crippen LogP contribution in [0.25, 0.3) is 0 Å². The number of anilines is 1. The first kappa shape index (κ1) is 13.3. The van der Waals surface area contributed by atoms with Gasteiger partial charge in [-0.25, -0.2) is 15.0 Å². The summed E-state index contributed by atoms with van der Waals surface area (Å²) in [6.45, 7) is 7.03. The molecular weight excluding hydrogens is 264 g/mol. The molecule has 96 valence electrons. The van der Waals surface area contributed by atoms with E-state index >= 15 is 0 Å². The van der Waals surface area contributed by atoms with Crippen LogP contribution in [-0.4, -0.2) is 21.5 Å². The highest BCUT2D eigenvalue weighted by atomic mass is 32.2. The molecule has 0 atom stereocenters. The summed E-state index contributed by atoms with van der Waals surface area (Å²) in [7, 11) is 0. The van der Waals surface area contributed by atoms with E-state index in [4.69, 9.17) is 0 Å². The first-order chi connectivity index (χ1) is 8.69. The summed E-state index contributed by atoms with van der Waals surface area (Å²) in [6, 6.07) is 0. The molecule has 0 amide bonds. The summed E-state index contributed by atoms with van der Waals surface area (Å²) in [5.41, 5.74) is 2.13. The van der Waals surface area contributed by atoms with Gasteiger partial charge in [-0.2, -0.15) is 0 Å². The van der Waals surface area contributed by atoms with Crippen molar-refractivity contribution in [1.82, 2.24) is 15.0 Å². The average molecular weight is 280 g/mol. The van der Waals surface area contributed by atoms with Gasteiger partial charge >= 0.3 is 0 Å². The summed E-state index contributed by atoms with van der Waals surface area (Å²) in [5, 5.41) is 6.22. The Labute approximate surface area is 115 Å².